The second-order valence-corrected chi connectivity index (χ2v) is 7.03. The quantitative estimate of drug-likeness (QED) is 0.547. The van der Waals surface area contributed by atoms with Gasteiger partial charge in [-0.25, -0.2) is 4.79 Å². The predicted molar refractivity (Wildman–Crippen MR) is 111 cm³/mol. The Morgan fingerprint density at radius 1 is 0.966 bits per heavy atom. The largest absolute Gasteiger partial charge is 0.495 e. The van der Waals surface area contributed by atoms with Crippen LogP contribution in [0.4, 0.5) is 11.4 Å². The standard InChI is InChI=1S/C22H26N2O5/c1-6-29-19(25)15-8-10-16(11-9-15)23-20(26)22(3,4)21(27)24-17-13-14(2)7-12-18(17)28-5/h7-13H,6H2,1-5H3,(H,23,26)(H,24,27). The number of carbonyl (C=O) groups excluding carboxylic acids is 3. The maximum atomic E-state index is 12.8. The van der Waals surface area contributed by atoms with E-state index >= 15 is 0 Å². The van der Waals surface area contributed by atoms with Crippen LogP contribution in [-0.4, -0.2) is 31.5 Å². The number of carbonyl (C=O) groups is 3. The second kappa shape index (κ2) is 9.23. The maximum Gasteiger partial charge on any atom is 0.338 e. The first kappa shape index (κ1) is 21.9. The molecule has 0 spiro atoms. The molecule has 0 heterocycles. The van der Waals surface area contributed by atoms with Crippen molar-refractivity contribution < 1.29 is 23.9 Å². The van der Waals surface area contributed by atoms with Gasteiger partial charge in [-0.3, -0.25) is 9.59 Å². The van der Waals surface area contributed by atoms with Crippen molar-refractivity contribution in [2.75, 3.05) is 24.4 Å². The number of nitrogens with one attached hydrogen (secondary N) is 2. The Labute approximate surface area is 170 Å². The zero-order valence-corrected chi connectivity index (χ0v) is 17.3. The maximum absolute atomic E-state index is 12.8. The van der Waals surface area contributed by atoms with Gasteiger partial charge in [0.15, 0.2) is 0 Å². The van der Waals surface area contributed by atoms with Gasteiger partial charge in [-0.1, -0.05) is 6.07 Å². The van der Waals surface area contributed by atoms with Crippen LogP contribution in [-0.2, 0) is 14.3 Å². The molecular weight excluding hydrogens is 372 g/mol. The Morgan fingerprint density at radius 2 is 1.59 bits per heavy atom. The molecule has 0 unspecified atom stereocenters. The van der Waals surface area contributed by atoms with E-state index in [4.69, 9.17) is 9.47 Å². The number of rotatable bonds is 7. The van der Waals surface area contributed by atoms with E-state index in [9.17, 15) is 14.4 Å². The summed E-state index contributed by atoms with van der Waals surface area (Å²) in [5, 5.41) is 5.47. The van der Waals surface area contributed by atoms with E-state index in [1.807, 2.05) is 13.0 Å². The molecule has 0 saturated carbocycles. The van der Waals surface area contributed by atoms with Crippen molar-refractivity contribution in [1.82, 2.24) is 0 Å². The van der Waals surface area contributed by atoms with E-state index in [2.05, 4.69) is 10.6 Å². The fourth-order valence-electron chi connectivity index (χ4n) is 2.49. The molecule has 2 amide bonds. The van der Waals surface area contributed by atoms with E-state index in [-0.39, 0.29) is 6.61 Å². The molecule has 0 aromatic heterocycles. The lowest BCUT2D eigenvalue weighted by molar-refractivity contribution is -0.135. The number of esters is 1. The molecule has 7 nitrogen and oxygen atoms in total. The summed E-state index contributed by atoms with van der Waals surface area (Å²) in [6.45, 7) is 6.98. The van der Waals surface area contributed by atoms with Crippen molar-refractivity contribution in [3.8, 4) is 5.75 Å². The second-order valence-electron chi connectivity index (χ2n) is 7.03. The van der Waals surface area contributed by atoms with E-state index in [0.29, 0.717) is 22.7 Å². The van der Waals surface area contributed by atoms with Crippen LogP contribution in [0.15, 0.2) is 42.5 Å². The lowest BCUT2D eigenvalue weighted by Crippen LogP contribution is -2.41. The predicted octanol–water partition coefficient (Wildman–Crippen LogP) is 3.78. The van der Waals surface area contributed by atoms with Gasteiger partial charge in [0.25, 0.3) is 0 Å². The average Bonchev–Trinajstić information content (AvgIpc) is 2.68. The Morgan fingerprint density at radius 3 is 2.17 bits per heavy atom. The van der Waals surface area contributed by atoms with E-state index in [1.165, 1.54) is 21.0 Å². The molecular formula is C22H26N2O5. The smallest absolute Gasteiger partial charge is 0.338 e. The number of benzene rings is 2. The minimum Gasteiger partial charge on any atom is -0.495 e. The summed E-state index contributed by atoms with van der Waals surface area (Å²) in [5.74, 6) is -0.876. The van der Waals surface area contributed by atoms with Gasteiger partial charge in [0, 0.05) is 5.69 Å². The van der Waals surface area contributed by atoms with Crippen molar-refractivity contribution in [2.24, 2.45) is 5.41 Å². The molecule has 29 heavy (non-hydrogen) atoms. The molecule has 0 aliphatic heterocycles. The highest BCUT2D eigenvalue weighted by atomic mass is 16.5. The van der Waals surface area contributed by atoms with Crippen LogP contribution in [0.25, 0.3) is 0 Å². The van der Waals surface area contributed by atoms with Crippen molar-refractivity contribution in [1.29, 1.82) is 0 Å². The van der Waals surface area contributed by atoms with Crippen molar-refractivity contribution in [3.05, 3.63) is 53.6 Å². The summed E-state index contributed by atoms with van der Waals surface area (Å²) in [6.07, 6.45) is 0. The first-order valence-corrected chi connectivity index (χ1v) is 9.23. The fourth-order valence-corrected chi connectivity index (χ4v) is 2.49. The lowest BCUT2D eigenvalue weighted by atomic mass is 9.90. The Hall–Kier alpha value is -3.35. The molecule has 2 N–H and O–H groups in total. The zero-order valence-electron chi connectivity index (χ0n) is 17.3. The van der Waals surface area contributed by atoms with Crippen LogP contribution in [0, 0.1) is 12.3 Å². The summed E-state index contributed by atoms with van der Waals surface area (Å²) >= 11 is 0. The minimum absolute atomic E-state index is 0.284. The number of aryl methyl sites for hydroxylation is 1. The van der Waals surface area contributed by atoms with Gasteiger partial charge in [0.05, 0.1) is 25.0 Å². The number of anilines is 2. The number of hydrogen-bond donors (Lipinski definition) is 2. The third kappa shape index (κ3) is 5.34. The highest BCUT2D eigenvalue weighted by Gasteiger charge is 2.36. The van der Waals surface area contributed by atoms with Crippen molar-refractivity contribution >= 4 is 29.2 Å². The van der Waals surface area contributed by atoms with E-state index < -0.39 is 23.2 Å². The normalized spacial score (nSPS) is 10.8. The lowest BCUT2D eigenvalue weighted by Gasteiger charge is -2.23. The highest BCUT2D eigenvalue weighted by Crippen LogP contribution is 2.28. The van der Waals surface area contributed by atoms with Crippen LogP contribution < -0.4 is 15.4 Å². The number of hydrogen-bond acceptors (Lipinski definition) is 5. The van der Waals surface area contributed by atoms with Crippen LogP contribution >= 0.6 is 0 Å². The Kier molecular flexibility index (Phi) is 6.98. The van der Waals surface area contributed by atoms with Crippen LogP contribution in [0.5, 0.6) is 5.75 Å². The van der Waals surface area contributed by atoms with Gasteiger partial charge in [-0.15, -0.1) is 0 Å². The van der Waals surface area contributed by atoms with Gasteiger partial charge in [0.2, 0.25) is 11.8 Å². The summed E-state index contributed by atoms with van der Waals surface area (Å²) < 4.78 is 10.2. The third-order valence-corrected chi connectivity index (χ3v) is 4.39. The average molecular weight is 398 g/mol. The summed E-state index contributed by atoms with van der Waals surface area (Å²) in [4.78, 5) is 37.2. The van der Waals surface area contributed by atoms with Gasteiger partial charge in [-0.05, 0) is 69.7 Å². The molecule has 2 aromatic rings. The van der Waals surface area contributed by atoms with Gasteiger partial charge in [-0.2, -0.15) is 0 Å². The number of ether oxygens (including phenoxy) is 2. The molecule has 2 aromatic carbocycles. The number of amides is 2. The third-order valence-electron chi connectivity index (χ3n) is 4.39. The van der Waals surface area contributed by atoms with Crippen LogP contribution in [0.2, 0.25) is 0 Å². The van der Waals surface area contributed by atoms with Crippen molar-refractivity contribution in [3.63, 3.8) is 0 Å². The molecule has 0 bridgehead atoms. The molecule has 154 valence electrons. The van der Waals surface area contributed by atoms with Gasteiger partial charge >= 0.3 is 5.97 Å². The monoisotopic (exact) mass is 398 g/mol. The first-order chi connectivity index (χ1) is 13.7. The zero-order chi connectivity index (χ0) is 21.6. The molecule has 7 heteroatoms. The minimum atomic E-state index is -1.35. The van der Waals surface area contributed by atoms with E-state index in [0.717, 1.165) is 5.56 Å². The summed E-state index contributed by atoms with van der Waals surface area (Å²) in [5.41, 5.74) is 0.946. The van der Waals surface area contributed by atoms with Crippen molar-refractivity contribution in [2.45, 2.75) is 27.7 Å². The summed E-state index contributed by atoms with van der Waals surface area (Å²) in [7, 11) is 1.51. The Balaban J connectivity index is 2.10. The molecule has 0 aliphatic rings. The molecule has 2 rings (SSSR count). The van der Waals surface area contributed by atoms with Gasteiger partial charge in [0.1, 0.15) is 11.2 Å². The van der Waals surface area contributed by atoms with Gasteiger partial charge < -0.3 is 20.1 Å². The molecule has 0 atom stereocenters. The van der Waals surface area contributed by atoms with Crippen LogP contribution in [0.3, 0.4) is 0 Å². The molecule has 0 aliphatic carbocycles. The van der Waals surface area contributed by atoms with E-state index in [1.54, 1.807) is 43.3 Å². The fraction of sp³-hybridized carbons (Fsp3) is 0.318. The molecule has 0 saturated heterocycles. The highest BCUT2D eigenvalue weighted by molar-refractivity contribution is 6.14. The van der Waals surface area contributed by atoms with Crippen LogP contribution in [0.1, 0.15) is 36.7 Å². The Bertz CT molecular complexity index is 904. The topological polar surface area (TPSA) is 93.7 Å². The molecule has 0 fully saturated rings. The first-order valence-electron chi connectivity index (χ1n) is 9.23. The SMILES string of the molecule is CCOC(=O)c1ccc(NC(=O)C(C)(C)C(=O)Nc2cc(C)ccc2OC)cc1. The molecule has 0 radical (unpaired) electrons. The summed E-state index contributed by atoms with van der Waals surface area (Å²) in [6, 6.07) is 11.7. The number of methoxy groups -OCH3 is 1.